The summed E-state index contributed by atoms with van der Waals surface area (Å²) in [6, 6.07) is 10.3. The van der Waals surface area contributed by atoms with E-state index in [-0.39, 0.29) is 5.92 Å². The molecule has 1 aromatic carbocycles. The summed E-state index contributed by atoms with van der Waals surface area (Å²) in [6.07, 6.45) is 2.87. The van der Waals surface area contributed by atoms with Crippen LogP contribution in [0.3, 0.4) is 0 Å². The van der Waals surface area contributed by atoms with E-state index < -0.39 is 5.97 Å². The maximum absolute atomic E-state index is 11.0. The van der Waals surface area contributed by atoms with Gasteiger partial charge in [-0.3, -0.25) is 4.79 Å². The van der Waals surface area contributed by atoms with Crippen molar-refractivity contribution in [3.8, 4) is 0 Å². The summed E-state index contributed by atoms with van der Waals surface area (Å²) < 4.78 is 0. The first-order valence-electron chi connectivity index (χ1n) is 8.21. The van der Waals surface area contributed by atoms with E-state index in [2.05, 4.69) is 45.3 Å². The molecule has 0 aliphatic carbocycles. The number of aryl methyl sites for hydroxylation is 1. The van der Waals surface area contributed by atoms with Crippen molar-refractivity contribution in [3.63, 3.8) is 0 Å². The van der Waals surface area contributed by atoms with Crippen molar-refractivity contribution in [1.82, 2.24) is 9.97 Å². The van der Waals surface area contributed by atoms with Crippen LogP contribution in [0.25, 0.3) is 0 Å². The second kappa shape index (κ2) is 7.29. The number of carboxylic acids is 1. The Morgan fingerprint density at radius 1 is 1.29 bits per heavy atom. The predicted octanol–water partition coefficient (Wildman–Crippen LogP) is 2.70. The summed E-state index contributed by atoms with van der Waals surface area (Å²) in [5, 5.41) is 12.4. The first kappa shape index (κ1) is 16.2. The van der Waals surface area contributed by atoms with Crippen LogP contribution in [0, 0.1) is 12.8 Å². The molecular weight excluding hydrogens is 304 g/mol. The van der Waals surface area contributed by atoms with Gasteiger partial charge in [0.2, 0.25) is 0 Å². The number of carboxylic acid groups (broad SMARTS) is 1. The molecule has 1 aliphatic heterocycles. The maximum Gasteiger partial charge on any atom is 0.306 e. The molecule has 2 heterocycles. The van der Waals surface area contributed by atoms with Gasteiger partial charge in [0.1, 0.15) is 18.0 Å². The lowest BCUT2D eigenvalue weighted by Gasteiger charge is -2.31. The van der Waals surface area contributed by atoms with Crippen LogP contribution in [-0.4, -0.2) is 34.1 Å². The molecule has 2 N–H and O–H groups in total. The Hall–Kier alpha value is -2.63. The minimum Gasteiger partial charge on any atom is -0.481 e. The Bertz CT molecular complexity index is 712. The number of aromatic nitrogens is 2. The zero-order valence-electron chi connectivity index (χ0n) is 13.8. The lowest BCUT2D eigenvalue weighted by molar-refractivity contribution is -0.142. The minimum absolute atomic E-state index is 0.234. The molecule has 1 aromatic heterocycles. The fraction of sp³-hybridized carbons (Fsp3) is 0.389. The zero-order chi connectivity index (χ0) is 16.9. The van der Waals surface area contributed by atoms with Gasteiger partial charge in [0.15, 0.2) is 0 Å². The molecule has 6 nitrogen and oxygen atoms in total. The van der Waals surface area contributed by atoms with Gasteiger partial charge >= 0.3 is 5.97 Å². The average Bonchev–Trinajstić information content (AvgIpc) is 2.60. The third kappa shape index (κ3) is 4.01. The molecule has 0 amide bonds. The number of hydrogen-bond acceptors (Lipinski definition) is 5. The highest BCUT2D eigenvalue weighted by molar-refractivity contribution is 5.70. The average molecular weight is 326 g/mol. The van der Waals surface area contributed by atoms with Crippen molar-refractivity contribution in [2.75, 3.05) is 23.3 Å². The Morgan fingerprint density at radius 2 is 2.08 bits per heavy atom. The summed E-state index contributed by atoms with van der Waals surface area (Å²) in [6.45, 7) is 4.21. The number of benzene rings is 1. The van der Waals surface area contributed by atoms with Gasteiger partial charge in [0.25, 0.3) is 0 Å². The molecule has 1 fully saturated rings. The number of nitrogens with zero attached hydrogens (tertiary/aromatic N) is 3. The van der Waals surface area contributed by atoms with Gasteiger partial charge in [-0.15, -0.1) is 0 Å². The molecule has 1 saturated heterocycles. The molecule has 0 atom stereocenters. The maximum atomic E-state index is 11.0. The van der Waals surface area contributed by atoms with Crippen LogP contribution >= 0.6 is 0 Å². The minimum atomic E-state index is -0.696. The lowest BCUT2D eigenvalue weighted by atomic mass is 9.97. The molecule has 1 aliphatic rings. The van der Waals surface area contributed by atoms with Crippen LogP contribution in [0.1, 0.15) is 24.0 Å². The molecule has 6 heteroatoms. The number of carbonyl (C=O) groups is 1. The van der Waals surface area contributed by atoms with E-state index in [1.807, 2.05) is 12.1 Å². The SMILES string of the molecule is Cc1cccc(CNc2cc(N3CCC(C(=O)O)CC3)ncn2)c1. The number of anilines is 2. The van der Waals surface area contributed by atoms with E-state index in [9.17, 15) is 4.79 Å². The predicted molar refractivity (Wildman–Crippen MR) is 93.1 cm³/mol. The Balaban J connectivity index is 1.61. The van der Waals surface area contributed by atoms with Crippen LogP contribution in [0.2, 0.25) is 0 Å². The summed E-state index contributed by atoms with van der Waals surface area (Å²) >= 11 is 0. The molecule has 0 saturated carbocycles. The van der Waals surface area contributed by atoms with Crippen LogP contribution in [0.4, 0.5) is 11.6 Å². The van der Waals surface area contributed by atoms with Crippen LogP contribution < -0.4 is 10.2 Å². The lowest BCUT2D eigenvalue weighted by Crippen LogP contribution is -2.36. The molecule has 0 spiro atoms. The van der Waals surface area contributed by atoms with E-state index in [1.165, 1.54) is 11.1 Å². The smallest absolute Gasteiger partial charge is 0.306 e. The molecular formula is C18H22N4O2. The fourth-order valence-electron chi connectivity index (χ4n) is 2.99. The van der Waals surface area contributed by atoms with Crippen molar-refractivity contribution in [3.05, 3.63) is 47.8 Å². The van der Waals surface area contributed by atoms with E-state index in [1.54, 1.807) is 6.33 Å². The number of aliphatic carboxylic acids is 1. The van der Waals surface area contributed by atoms with Gasteiger partial charge in [-0.2, -0.15) is 0 Å². The topological polar surface area (TPSA) is 78.4 Å². The number of rotatable bonds is 5. The van der Waals surface area contributed by atoms with Gasteiger partial charge in [-0.25, -0.2) is 9.97 Å². The molecule has 2 aromatic rings. The van der Waals surface area contributed by atoms with Crippen molar-refractivity contribution >= 4 is 17.6 Å². The number of nitrogens with one attached hydrogen (secondary N) is 1. The number of piperidine rings is 1. The molecule has 0 bridgehead atoms. The Morgan fingerprint density at radius 3 is 2.79 bits per heavy atom. The highest BCUT2D eigenvalue weighted by Crippen LogP contribution is 2.23. The summed E-state index contributed by atoms with van der Waals surface area (Å²) in [5.41, 5.74) is 2.44. The normalized spacial score (nSPS) is 15.3. The number of hydrogen-bond donors (Lipinski definition) is 2. The van der Waals surface area contributed by atoms with Crippen LogP contribution in [0.5, 0.6) is 0 Å². The molecule has 126 valence electrons. The first-order valence-corrected chi connectivity index (χ1v) is 8.21. The van der Waals surface area contributed by atoms with Gasteiger partial charge in [-0.1, -0.05) is 29.8 Å². The van der Waals surface area contributed by atoms with E-state index in [4.69, 9.17) is 5.11 Å². The Kier molecular flexibility index (Phi) is 4.93. The molecule has 0 radical (unpaired) electrons. The van der Waals surface area contributed by atoms with Gasteiger partial charge in [0.05, 0.1) is 5.92 Å². The van der Waals surface area contributed by atoms with Crippen molar-refractivity contribution in [2.24, 2.45) is 5.92 Å². The van der Waals surface area contributed by atoms with E-state index in [0.717, 1.165) is 11.6 Å². The third-order valence-corrected chi connectivity index (χ3v) is 4.38. The summed E-state index contributed by atoms with van der Waals surface area (Å²) in [4.78, 5) is 21.8. The quantitative estimate of drug-likeness (QED) is 0.879. The largest absolute Gasteiger partial charge is 0.481 e. The van der Waals surface area contributed by atoms with Gasteiger partial charge in [0, 0.05) is 25.7 Å². The highest BCUT2D eigenvalue weighted by Gasteiger charge is 2.25. The second-order valence-electron chi connectivity index (χ2n) is 6.20. The first-order chi connectivity index (χ1) is 11.6. The second-order valence-corrected chi connectivity index (χ2v) is 6.20. The van der Waals surface area contributed by atoms with E-state index in [0.29, 0.717) is 32.5 Å². The monoisotopic (exact) mass is 326 g/mol. The van der Waals surface area contributed by atoms with Gasteiger partial charge in [-0.05, 0) is 25.3 Å². The van der Waals surface area contributed by atoms with Crippen LogP contribution in [0.15, 0.2) is 36.7 Å². The molecule has 3 rings (SSSR count). The molecule has 24 heavy (non-hydrogen) atoms. The summed E-state index contributed by atoms with van der Waals surface area (Å²) in [7, 11) is 0. The van der Waals surface area contributed by atoms with E-state index >= 15 is 0 Å². The van der Waals surface area contributed by atoms with Gasteiger partial charge < -0.3 is 15.3 Å². The molecule has 0 unspecified atom stereocenters. The van der Waals surface area contributed by atoms with Crippen molar-refractivity contribution < 1.29 is 9.90 Å². The van der Waals surface area contributed by atoms with Crippen LogP contribution in [-0.2, 0) is 11.3 Å². The standard InChI is InChI=1S/C18H22N4O2/c1-13-3-2-4-14(9-13)11-19-16-10-17(21-12-20-16)22-7-5-15(6-8-22)18(23)24/h2-4,9-10,12,15H,5-8,11H2,1H3,(H,23,24)(H,19,20,21). The summed E-state index contributed by atoms with van der Waals surface area (Å²) in [5.74, 6) is 0.697. The van der Waals surface area contributed by atoms with Crippen molar-refractivity contribution in [1.29, 1.82) is 0 Å². The Labute approximate surface area is 141 Å². The third-order valence-electron chi connectivity index (χ3n) is 4.38. The fourth-order valence-corrected chi connectivity index (χ4v) is 2.99. The van der Waals surface area contributed by atoms with Crippen molar-refractivity contribution in [2.45, 2.75) is 26.3 Å². The highest BCUT2D eigenvalue weighted by atomic mass is 16.4. The zero-order valence-corrected chi connectivity index (χ0v) is 13.8.